The van der Waals surface area contributed by atoms with Crippen LogP contribution in [0.4, 0.5) is 11.4 Å². The molecule has 0 unspecified atom stereocenters. The van der Waals surface area contributed by atoms with E-state index in [-0.39, 0.29) is 10.5 Å². The van der Waals surface area contributed by atoms with Crippen molar-refractivity contribution in [3.05, 3.63) is 52.0 Å². The molecule has 1 amide bonds. The molecule has 1 saturated heterocycles. The number of nitrogens with zero attached hydrogens (tertiary/aromatic N) is 2. The lowest BCUT2D eigenvalue weighted by molar-refractivity contribution is 0.102. The third kappa shape index (κ3) is 4.90. The topological polar surface area (TPSA) is 95.7 Å². The lowest BCUT2D eigenvalue weighted by atomic mass is 10.1. The molecule has 1 fully saturated rings. The minimum Gasteiger partial charge on any atom is -0.367 e. The van der Waals surface area contributed by atoms with Crippen molar-refractivity contribution in [2.45, 2.75) is 18.7 Å². The summed E-state index contributed by atoms with van der Waals surface area (Å²) in [6, 6.07) is 8.35. The molecule has 0 bridgehead atoms. The predicted octanol–water partition coefficient (Wildman–Crippen LogP) is 2.61. The molecule has 0 saturated carbocycles. The van der Waals surface area contributed by atoms with E-state index >= 15 is 0 Å². The Kier molecular flexibility index (Phi) is 6.19. The number of likely N-dealkylation sites (N-methyl/N-ethyl adjacent to an activating group) is 1. The SMILES string of the molecule is Cc1cc(C(=O)Nc2cc(Cl)ccc2N2CCN(C)CC2)cc(S(N)(=O)=O)c1C. The maximum atomic E-state index is 12.9. The van der Waals surface area contributed by atoms with Crippen LogP contribution >= 0.6 is 11.6 Å². The normalized spacial score (nSPS) is 15.4. The first-order valence-electron chi connectivity index (χ1n) is 9.24. The highest BCUT2D eigenvalue weighted by Crippen LogP contribution is 2.31. The highest BCUT2D eigenvalue weighted by molar-refractivity contribution is 7.89. The number of carbonyl (C=O) groups is 1. The van der Waals surface area contributed by atoms with E-state index in [2.05, 4.69) is 22.2 Å². The van der Waals surface area contributed by atoms with Gasteiger partial charge in [0.05, 0.1) is 16.3 Å². The van der Waals surface area contributed by atoms with Crippen LogP contribution in [0.3, 0.4) is 0 Å². The number of hydrogen-bond acceptors (Lipinski definition) is 5. The summed E-state index contributed by atoms with van der Waals surface area (Å²) in [7, 11) is -1.86. The van der Waals surface area contributed by atoms with Crippen LogP contribution in [-0.2, 0) is 10.0 Å². The van der Waals surface area contributed by atoms with Gasteiger partial charge in [0.25, 0.3) is 5.91 Å². The molecule has 0 aromatic heterocycles. The standard InChI is InChI=1S/C20H25ClN4O3S/c1-13-10-15(11-19(14(13)2)29(22,27)28)20(26)23-17-12-16(21)4-5-18(17)25-8-6-24(3)7-9-25/h4-5,10-12H,6-9H2,1-3H3,(H,23,26)(H2,22,27,28). The monoisotopic (exact) mass is 436 g/mol. The molecule has 0 spiro atoms. The van der Waals surface area contributed by atoms with E-state index in [9.17, 15) is 13.2 Å². The fourth-order valence-electron chi connectivity index (χ4n) is 3.38. The molecule has 9 heteroatoms. The molecule has 3 N–H and O–H groups in total. The molecule has 1 aliphatic rings. The Morgan fingerprint density at radius 1 is 1.10 bits per heavy atom. The second-order valence-electron chi connectivity index (χ2n) is 7.37. The summed E-state index contributed by atoms with van der Waals surface area (Å²) in [5.41, 5.74) is 2.90. The van der Waals surface area contributed by atoms with Crippen molar-refractivity contribution in [3.8, 4) is 0 Å². The molecule has 0 aliphatic carbocycles. The Morgan fingerprint density at radius 3 is 2.38 bits per heavy atom. The summed E-state index contributed by atoms with van der Waals surface area (Å²) >= 11 is 6.17. The number of nitrogens with one attached hydrogen (secondary N) is 1. The zero-order valence-electron chi connectivity index (χ0n) is 16.7. The van der Waals surface area contributed by atoms with E-state index in [1.807, 2.05) is 6.07 Å². The van der Waals surface area contributed by atoms with Crippen LogP contribution in [0.1, 0.15) is 21.5 Å². The molecule has 156 valence electrons. The molecular weight excluding hydrogens is 412 g/mol. The number of sulfonamides is 1. The number of aryl methyl sites for hydroxylation is 1. The third-order valence-electron chi connectivity index (χ3n) is 5.24. The second-order valence-corrected chi connectivity index (χ2v) is 9.33. The van der Waals surface area contributed by atoms with Gasteiger partial charge in [0.1, 0.15) is 0 Å². The smallest absolute Gasteiger partial charge is 0.255 e. The number of halogens is 1. The van der Waals surface area contributed by atoms with Gasteiger partial charge >= 0.3 is 0 Å². The van der Waals surface area contributed by atoms with E-state index < -0.39 is 15.9 Å². The van der Waals surface area contributed by atoms with E-state index in [0.29, 0.717) is 21.8 Å². The van der Waals surface area contributed by atoms with Crippen LogP contribution in [-0.4, -0.2) is 52.5 Å². The summed E-state index contributed by atoms with van der Waals surface area (Å²) < 4.78 is 23.8. The minimum absolute atomic E-state index is 0.0481. The highest BCUT2D eigenvalue weighted by atomic mass is 35.5. The van der Waals surface area contributed by atoms with Gasteiger partial charge in [-0.2, -0.15) is 0 Å². The molecule has 3 rings (SSSR count). The lowest BCUT2D eigenvalue weighted by Gasteiger charge is -2.35. The number of carbonyl (C=O) groups excluding carboxylic acids is 1. The third-order valence-corrected chi connectivity index (χ3v) is 6.51. The summed E-state index contributed by atoms with van der Waals surface area (Å²) in [6.07, 6.45) is 0. The van der Waals surface area contributed by atoms with Crippen LogP contribution in [0, 0.1) is 13.8 Å². The van der Waals surface area contributed by atoms with Gasteiger partial charge in [-0.05, 0) is 62.4 Å². The first-order valence-corrected chi connectivity index (χ1v) is 11.2. The lowest BCUT2D eigenvalue weighted by Crippen LogP contribution is -2.44. The Labute approximate surface area is 176 Å². The summed E-state index contributed by atoms with van der Waals surface area (Å²) in [4.78, 5) is 17.3. The molecule has 1 heterocycles. The van der Waals surface area contributed by atoms with Crippen molar-refractivity contribution < 1.29 is 13.2 Å². The van der Waals surface area contributed by atoms with Crippen LogP contribution in [0.5, 0.6) is 0 Å². The van der Waals surface area contributed by atoms with Gasteiger partial charge in [-0.25, -0.2) is 13.6 Å². The number of piperazine rings is 1. The quantitative estimate of drug-likeness (QED) is 0.768. The van der Waals surface area contributed by atoms with E-state index in [1.165, 1.54) is 6.07 Å². The highest BCUT2D eigenvalue weighted by Gasteiger charge is 2.21. The second kappa shape index (κ2) is 8.31. The number of anilines is 2. The molecule has 0 radical (unpaired) electrons. The molecule has 2 aromatic rings. The van der Waals surface area contributed by atoms with Crippen molar-refractivity contribution in [2.75, 3.05) is 43.4 Å². The van der Waals surface area contributed by atoms with Gasteiger partial charge in [0.2, 0.25) is 10.0 Å². The number of amides is 1. The molecule has 29 heavy (non-hydrogen) atoms. The van der Waals surface area contributed by atoms with E-state index in [4.69, 9.17) is 16.7 Å². The van der Waals surface area contributed by atoms with Crippen molar-refractivity contribution in [2.24, 2.45) is 5.14 Å². The van der Waals surface area contributed by atoms with E-state index in [0.717, 1.165) is 31.9 Å². The molecular formula is C20H25ClN4O3S. The number of primary sulfonamides is 1. The summed E-state index contributed by atoms with van der Waals surface area (Å²) in [5, 5.41) is 8.70. The Morgan fingerprint density at radius 2 is 1.76 bits per heavy atom. The van der Waals surface area contributed by atoms with Crippen LogP contribution in [0.2, 0.25) is 5.02 Å². The fourth-order valence-corrected chi connectivity index (χ4v) is 4.43. The maximum absolute atomic E-state index is 12.9. The van der Waals surface area contributed by atoms with Crippen molar-refractivity contribution in [1.82, 2.24) is 4.90 Å². The summed E-state index contributed by atoms with van der Waals surface area (Å²) in [6.45, 7) is 6.92. The average Bonchev–Trinajstić information content (AvgIpc) is 2.64. The molecule has 2 aromatic carbocycles. The van der Waals surface area contributed by atoms with Gasteiger partial charge in [0, 0.05) is 36.8 Å². The van der Waals surface area contributed by atoms with E-state index in [1.54, 1.807) is 32.0 Å². The number of benzene rings is 2. The fraction of sp³-hybridized carbons (Fsp3) is 0.350. The largest absolute Gasteiger partial charge is 0.367 e. The predicted molar refractivity (Wildman–Crippen MR) is 116 cm³/mol. The van der Waals surface area contributed by atoms with Gasteiger partial charge in [-0.15, -0.1) is 0 Å². The zero-order chi connectivity index (χ0) is 21.3. The first kappa shape index (κ1) is 21.6. The van der Waals surface area contributed by atoms with Crippen molar-refractivity contribution in [1.29, 1.82) is 0 Å². The Hall–Kier alpha value is -2.13. The Bertz CT molecular complexity index is 1050. The number of rotatable bonds is 4. The molecule has 1 aliphatic heterocycles. The molecule has 0 atom stereocenters. The van der Waals surface area contributed by atoms with Gasteiger partial charge < -0.3 is 15.1 Å². The minimum atomic E-state index is -3.94. The van der Waals surface area contributed by atoms with Gasteiger partial charge in [-0.3, -0.25) is 4.79 Å². The number of nitrogens with two attached hydrogens (primary N) is 1. The average molecular weight is 437 g/mol. The Balaban J connectivity index is 1.94. The summed E-state index contributed by atoms with van der Waals surface area (Å²) in [5.74, 6) is -0.421. The van der Waals surface area contributed by atoms with Crippen LogP contribution < -0.4 is 15.4 Å². The van der Waals surface area contributed by atoms with Crippen LogP contribution in [0.25, 0.3) is 0 Å². The van der Waals surface area contributed by atoms with Gasteiger partial charge in [-0.1, -0.05) is 11.6 Å². The van der Waals surface area contributed by atoms with Crippen molar-refractivity contribution >= 4 is 38.9 Å². The first-order chi connectivity index (χ1) is 13.6. The van der Waals surface area contributed by atoms with Gasteiger partial charge in [0.15, 0.2) is 0 Å². The maximum Gasteiger partial charge on any atom is 0.255 e. The number of hydrogen-bond donors (Lipinski definition) is 2. The van der Waals surface area contributed by atoms with Crippen LogP contribution in [0.15, 0.2) is 35.2 Å². The zero-order valence-corrected chi connectivity index (χ0v) is 18.3. The van der Waals surface area contributed by atoms with Crippen molar-refractivity contribution in [3.63, 3.8) is 0 Å². The molecule has 7 nitrogen and oxygen atoms in total.